The van der Waals surface area contributed by atoms with Crippen LogP contribution in [0, 0.1) is 19.7 Å². The number of rotatable bonds is 8. The van der Waals surface area contributed by atoms with Gasteiger partial charge in [-0.05, 0) is 55.3 Å². The molecule has 0 bridgehead atoms. The number of carbonyl (C=O) groups is 1. The predicted octanol–water partition coefficient (Wildman–Crippen LogP) is 4.39. The maximum absolute atomic E-state index is 13.7. The van der Waals surface area contributed by atoms with Crippen molar-refractivity contribution in [3.8, 4) is 5.75 Å². The number of benzene rings is 3. The smallest absolute Gasteiger partial charge is 0.261 e. The van der Waals surface area contributed by atoms with E-state index in [9.17, 15) is 17.6 Å². The summed E-state index contributed by atoms with van der Waals surface area (Å²) in [7, 11) is -2.30. The van der Waals surface area contributed by atoms with Crippen molar-refractivity contribution in [1.82, 2.24) is 4.90 Å². The second kappa shape index (κ2) is 9.82. The molecule has 1 amide bonds. The molecule has 0 fully saturated rings. The number of likely N-dealkylation sites (N-methyl/N-ethyl adjacent to an activating group) is 1. The highest BCUT2D eigenvalue weighted by atomic mass is 32.2. The van der Waals surface area contributed by atoms with Gasteiger partial charge in [0.1, 0.15) is 6.61 Å². The third kappa shape index (κ3) is 5.45. The molecule has 0 aromatic heterocycles. The number of anilines is 1. The summed E-state index contributed by atoms with van der Waals surface area (Å²) >= 11 is 0. The first-order chi connectivity index (χ1) is 15.2. The Bertz CT molecular complexity index is 1230. The molecule has 0 atom stereocenters. The van der Waals surface area contributed by atoms with Gasteiger partial charge < -0.3 is 9.64 Å². The van der Waals surface area contributed by atoms with E-state index in [0.29, 0.717) is 11.3 Å². The molecule has 0 heterocycles. The van der Waals surface area contributed by atoms with Crippen molar-refractivity contribution in [1.29, 1.82) is 0 Å². The molecule has 3 rings (SSSR count). The van der Waals surface area contributed by atoms with Gasteiger partial charge >= 0.3 is 0 Å². The van der Waals surface area contributed by atoms with Gasteiger partial charge in [0, 0.05) is 12.6 Å². The van der Waals surface area contributed by atoms with Crippen LogP contribution in [0.15, 0.2) is 71.6 Å². The summed E-state index contributed by atoms with van der Waals surface area (Å²) in [6.45, 7) is 3.84. The number of para-hydroxylation sites is 2. The van der Waals surface area contributed by atoms with E-state index in [4.69, 9.17) is 4.74 Å². The fourth-order valence-electron chi connectivity index (χ4n) is 3.05. The van der Waals surface area contributed by atoms with Crippen LogP contribution in [0.25, 0.3) is 0 Å². The summed E-state index contributed by atoms with van der Waals surface area (Å²) in [4.78, 5) is 14.3. The molecular formula is C24H25FN2O4S. The van der Waals surface area contributed by atoms with Gasteiger partial charge in [0.05, 0.1) is 17.1 Å². The van der Waals surface area contributed by atoms with Gasteiger partial charge in [-0.2, -0.15) is 0 Å². The minimum atomic E-state index is -3.88. The third-order valence-corrected chi connectivity index (χ3v) is 6.37. The molecule has 0 spiro atoms. The number of sulfonamides is 1. The van der Waals surface area contributed by atoms with Gasteiger partial charge in [0.2, 0.25) is 0 Å². The van der Waals surface area contributed by atoms with Gasteiger partial charge in [-0.3, -0.25) is 9.52 Å². The largest absolute Gasteiger partial charge is 0.489 e. The van der Waals surface area contributed by atoms with E-state index in [1.807, 2.05) is 6.07 Å². The lowest BCUT2D eigenvalue weighted by Crippen LogP contribution is -2.31. The first kappa shape index (κ1) is 23.3. The second-order valence-corrected chi connectivity index (χ2v) is 9.09. The Morgan fingerprint density at radius 1 is 1.00 bits per heavy atom. The summed E-state index contributed by atoms with van der Waals surface area (Å²) in [5, 5.41) is 0. The van der Waals surface area contributed by atoms with Crippen molar-refractivity contribution in [2.75, 3.05) is 24.9 Å². The van der Waals surface area contributed by atoms with E-state index in [1.165, 1.54) is 29.2 Å². The maximum Gasteiger partial charge on any atom is 0.261 e. The molecule has 32 heavy (non-hydrogen) atoms. The molecule has 0 saturated carbocycles. The number of hydrogen-bond acceptors (Lipinski definition) is 4. The summed E-state index contributed by atoms with van der Waals surface area (Å²) in [5.41, 5.74) is 2.18. The monoisotopic (exact) mass is 456 g/mol. The zero-order chi connectivity index (χ0) is 23.3. The molecule has 3 aromatic carbocycles. The van der Waals surface area contributed by atoms with Crippen molar-refractivity contribution in [2.24, 2.45) is 0 Å². The van der Waals surface area contributed by atoms with Crippen molar-refractivity contribution in [3.05, 3.63) is 89.2 Å². The molecule has 8 heteroatoms. The minimum Gasteiger partial charge on any atom is -0.489 e. The van der Waals surface area contributed by atoms with Crippen molar-refractivity contribution < 1.29 is 22.3 Å². The highest BCUT2D eigenvalue weighted by Crippen LogP contribution is 2.22. The van der Waals surface area contributed by atoms with Crippen LogP contribution < -0.4 is 9.46 Å². The summed E-state index contributed by atoms with van der Waals surface area (Å²) in [6.07, 6.45) is 0. The van der Waals surface area contributed by atoms with E-state index in [1.54, 1.807) is 57.3 Å². The van der Waals surface area contributed by atoms with Crippen molar-refractivity contribution in [2.45, 2.75) is 18.7 Å². The molecular weight excluding hydrogens is 431 g/mol. The van der Waals surface area contributed by atoms with Crippen LogP contribution in [0.5, 0.6) is 5.75 Å². The first-order valence-corrected chi connectivity index (χ1v) is 11.5. The topological polar surface area (TPSA) is 75.7 Å². The van der Waals surface area contributed by atoms with E-state index in [0.717, 1.165) is 5.56 Å². The lowest BCUT2D eigenvalue weighted by Gasteiger charge is -2.19. The van der Waals surface area contributed by atoms with Crippen LogP contribution >= 0.6 is 0 Å². The molecule has 168 valence electrons. The Hall–Kier alpha value is -3.39. The van der Waals surface area contributed by atoms with Crippen molar-refractivity contribution >= 4 is 21.6 Å². The highest BCUT2D eigenvalue weighted by Gasteiger charge is 2.21. The number of nitrogens with zero attached hydrogens (tertiary/aromatic N) is 1. The number of nitrogens with one attached hydrogen (secondary N) is 1. The Balaban J connectivity index is 1.73. The lowest BCUT2D eigenvalue weighted by molar-refractivity contribution is 0.0772. The molecule has 3 aromatic rings. The Kier molecular flexibility index (Phi) is 7.15. The quantitative estimate of drug-likeness (QED) is 0.545. The number of amides is 1. The van der Waals surface area contributed by atoms with Gasteiger partial charge in [0.25, 0.3) is 15.9 Å². The van der Waals surface area contributed by atoms with E-state index in [2.05, 4.69) is 4.72 Å². The lowest BCUT2D eigenvalue weighted by atomic mass is 10.1. The van der Waals surface area contributed by atoms with Crippen LogP contribution in [0.1, 0.15) is 21.5 Å². The molecule has 0 aliphatic carbocycles. The van der Waals surface area contributed by atoms with Crippen LogP contribution in [0.4, 0.5) is 10.1 Å². The molecule has 6 nitrogen and oxygen atoms in total. The van der Waals surface area contributed by atoms with E-state index in [-0.39, 0.29) is 35.3 Å². The SMILES string of the molecule is Cc1ccccc1NS(=O)(=O)c1ccc(C)c(C(=O)N(C)CCOc2ccccc2F)c1. The number of hydrogen-bond donors (Lipinski definition) is 1. The molecule has 0 aliphatic heterocycles. The van der Waals surface area contributed by atoms with Crippen LogP contribution in [0.3, 0.4) is 0 Å². The number of carbonyl (C=O) groups excluding carboxylic acids is 1. The third-order valence-electron chi connectivity index (χ3n) is 5.01. The zero-order valence-corrected chi connectivity index (χ0v) is 18.9. The van der Waals surface area contributed by atoms with E-state index < -0.39 is 15.8 Å². The number of aryl methyl sites for hydroxylation is 2. The normalized spacial score (nSPS) is 11.1. The molecule has 0 radical (unpaired) electrons. The van der Waals surface area contributed by atoms with Crippen LogP contribution in [-0.2, 0) is 10.0 Å². The second-order valence-electron chi connectivity index (χ2n) is 7.40. The minimum absolute atomic E-state index is 0.00860. The molecule has 0 unspecified atom stereocenters. The van der Waals surface area contributed by atoms with Crippen LogP contribution in [0.2, 0.25) is 0 Å². The summed E-state index contributed by atoms with van der Waals surface area (Å²) in [5.74, 6) is -0.719. The Morgan fingerprint density at radius 2 is 1.69 bits per heavy atom. The predicted molar refractivity (Wildman–Crippen MR) is 122 cm³/mol. The average molecular weight is 457 g/mol. The van der Waals surface area contributed by atoms with Gasteiger partial charge in [0.15, 0.2) is 11.6 Å². The molecule has 0 aliphatic rings. The highest BCUT2D eigenvalue weighted by molar-refractivity contribution is 7.92. The number of ether oxygens (including phenoxy) is 1. The summed E-state index contributed by atoms with van der Waals surface area (Å²) < 4.78 is 47.4. The average Bonchev–Trinajstić information content (AvgIpc) is 2.76. The summed E-state index contributed by atoms with van der Waals surface area (Å²) in [6, 6.07) is 17.5. The molecule has 1 N–H and O–H groups in total. The molecule has 0 saturated heterocycles. The van der Waals surface area contributed by atoms with Gasteiger partial charge in [-0.15, -0.1) is 0 Å². The fraction of sp³-hybridized carbons (Fsp3) is 0.208. The Labute approximate surface area is 187 Å². The number of halogens is 1. The van der Waals surface area contributed by atoms with Gasteiger partial charge in [-0.25, -0.2) is 12.8 Å². The van der Waals surface area contributed by atoms with Crippen LogP contribution in [-0.4, -0.2) is 39.4 Å². The first-order valence-electron chi connectivity index (χ1n) is 10.0. The van der Waals surface area contributed by atoms with Crippen molar-refractivity contribution in [3.63, 3.8) is 0 Å². The van der Waals surface area contributed by atoms with E-state index >= 15 is 0 Å². The zero-order valence-electron chi connectivity index (χ0n) is 18.1. The fourth-order valence-corrected chi connectivity index (χ4v) is 4.21. The van der Waals surface area contributed by atoms with Gasteiger partial charge in [-0.1, -0.05) is 36.4 Å². The standard InChI is InChI=1S/C24H25FN2O4S/c1-17-12-13-19(32(29,30)26-22-10-6-4-8-18(22)2)16-20(17)24(28)27(3)14-15-31-23-11-7-5-9-21(23)25/h4-13,16,26H,14-15H2,1-3H3. The Morgan fingerprint density at radius 3 is 2.41 bits per heavy atom. The maximum atomic E-state index is 13.7.